The van der Waals surface area contributed by atoms with Gasteiger partial charge in [0, 0.05) is 18.7 Å². The molecule has 0 spiro atoms. The van der Waals surface area contributed by atoms with Gasteiger partial charge in [0.25, 0.3) is 0 Å². The van der Waals surface area contributed by atoms with Crippen molar-refractivity contribution in [3.63, 3.8) is 0 Å². The Morgan fingerprint density at radius 3 is 2.43 bits per heavy atom. The number of ether oxygens (including phenoxy) is 2. The molecular formula is C18H26N2O3. The van der Waals surface area contributed by atoms with Gasteiger partial charge in [-0.05, 0) is 25.1 Å². The molecule has 5 nitrogen and oxygen atoms in total. The van der Waals surface area contributed by atoms with Gasteiger partial charge < -0.3 is 14.8 Å². The highest BCUT2D eigenvalue weighted by Crippen LogP contribution is 2.29. The number of rotatable bonds is 10. The molecule has 0 heterocycles. The first-order valence-electron chi connectivity index (χ1n) is 7.51. The van der Waals surface area contributed by atoms with Gasteiger partial charge in [0.15, 0.2) is 0 Å². The van der Waals surface area contributed by atoms with Gasteiger partial charge in [-0.1, -0.05) is 12.2 Å². The Morgan fingerprint density at radius 1 is 1.26 bits per heavy atom. The second-order valence-corrected chi connectivity index (χ2v) is 5.17. The summed E-state index contributed by atoms with van der Waals surface area (Å²) in [7, 11) is 3.22. The third-order valence-electron chi connectivity index (χ3n) is 3.42. The van der Waals surface area contributed by atoms with Crippen LogP contribution in [0.25, 0.3) is 0 Å². The monoisotopic (exact) mass is 318 g/mol. The van der Waals surface area contributed by atoms with Gasteiger partial charge in [0.1, 0.15) is 11.5 Å². The summed E-state index contributed by atoms with van der Waals surface area (Å²) in [4.78, 5) is 14.2. The standard InChI is InChI=1S/C18H26N2O3/c1-6-10-20(11-7-2)13-18(21)19-14(3)16-12-15(22-4)8-9-17(16)23-5/h6-9,12,14H,1-2,10-11,13H2,3-5H3,(H,19,21). The van der Waals surface area contributed by atoms with Crippen molar-refractivity contribution in [2.24, 2.45) is 0 Å². The smallest absolute Gasteiger partial charge is 0.234 e. The molecule has 1 unspecified atom stereocenters. The van der Waals surface area contributed by atoms with E-state index in [0.717, 1.165) is 11.3 Å². The van der Waals surface area contributed by atoms with E-state index in [1.807, 2.05) is 30.0 Å². The third-order valence-corrected chi connectivity index (χ3v) is 3.42. The number of benzene rings is 1. The maximum Gasteiger partial charge on any atom is 0.234 e. The van der Waals surface area contributed by atoms with Crippen molar-refractivity contribution >= 4 is 5.91 Å². The van der Waals surface area contributed by atoms with Gasteiger partial charge in [0.2, 0.25) is 5.91 Å². The molecule has 1 N–H and O–H groups in total. The molecule has 0 fully saturated rings. The normalized spacial score (nSPS) is 11.7. The number of hydrogen-bond acceptors (Lipinski definition) is 4. The van der Waals surface area contributed by atoms with Gasteiger partial charge in [-0.3, -0.25) is 9.69 Å². The summed E-state index contributed by atoms with van der Waals surface area (Å²) in [6.45, 7) is 10.9. The van der Waals surface area contributed by atoms with Crippen LogP contribution in [0.1, 0.15) is 18.5 Å². The zero-order valence-electron chi connectivity index (χ0n) is 14.2. The van der Waals surface area contributed by atoms with E-state index in [4.69, 9.17) is 9.47 Å². The van der Waals surface area contributed by atoms with E-state index in [2.05, 4.69) is 18.5 Å². The van der Waals surface area contributed by atoms with Gasteiger partial charge in [-0.15, -0.1) is 13.2 Å². The molecule has 0 aromatic heterocycles. The van der Waals surface area contributed by atoms with Crippen molar-refractivity contribution < 1.29 is 14.3 Å². The van der Waals surface area contributed by atoms with E-state index < -0.39 is 0 Å². The van der Waals surface area contributed by atoms with Crippen molar-refractivity contribution in [1.29, 1.82) is 0 Å². The summed E-state index contributed by atoms with van der Waals surface area (Å²) < 4.78 is 10.6. The minimum atomic E-state index is -0.193. The van der Waals surface area contributed by atoms with Gasteiger partial charge in [-0.25, -0.2) is 0 Å². The predicted molar refractivity (Wildman–Crippen MR) is 92.9 cm³/mol. The molecule has 0 aliphatic heterocycles. The summed E-state index contributed by atoms with van der Waals surface area (Å²) in [6.07, 6.45) is 3.54. The first kappa shape index (κ1) is 18.8. The molecule has 0 aliphatic rings. The molecule has 0 saturated heterocycles. The molecular weight excluding hydrogens is 292 g/mol. The van der Waals surface area contributed by atoms with Crippen LogP contribution < -0.4 is 14.8 Å². The van der Waals surface area contributed by atoms with Crippen LogP contribution in [0.4, 0.5) is 0 Å². The number of carbonyl (C=O) groups is 1. The molecule has 1 aromatic rings. The van der Waals surface area contributed by atoms with Gasteiger partial charge in [-0.2, -0.15) is 0 Å². The molecule has 1 aromatic carbocycles. The Bertz CT molecular complexity index is 533. The zero-order valence-corrected chi connectivity index (χ0v) is 14.2. The Hall–Kier alpha value is -2.27. The van der Waals surface area contributed by atoms with Crippen LogP contribution in [0, 0.1) is 0 Å². The van der Waals surface area contributed by atoms with E-state index in [-0.39, 0.29) is 18.5 Å². The number of carbonyl (C=O) groups excluding carboxylic acids is 1. The van der Waals surface area contributed by atoms with Crippen molar-refractivity contribution in [3.8, 4) is 11.5 Å². The average molecular weight is 318 g/mol. The van der Waals surface area contributed by atoms with Crippen LogP contribution in [-0.4, -0.2) is 44.7 Å². The number of nitrogens with one attached hydrogen (secondary N) is 1. The van der Waals surface area contributed by atoms with E-state index in [1.165, 1.54) is 0 Å². The fraction of sp³-hybridized carbons (Fsp3) is 0.389. The molecule has 0 saturated carbocycles. The second-order valence-electron chi connectivity index (χ2n) is 5.17. The minimum Gasteiger partial charge on any atom is -0.497 e. The van der Waals surface area contributed by atoms with Crippen LogP contribution in [-0.2, 0) is 4.79 Å². The summed E-state index contributed by atoms with van der Waals surface area (Å²) in [5.41, 5.74) is 0.874. The molecule has 1 amide bonds. The third kappa shape index (κ3) is 5.79. The summed E-state index contributed by atoms with van der Waals surface area (Å²) in [5, 5.41) is 2.98. The number of hydrogen-bond donors (Lipinski definition) is 1. The summed E-state index contributed by atoms with van der Waals surface area (Å²) >= 11 is 0. The van der Waals surface area contributed by atoms with Crippen LogP contribution in [0.2, 0.25) is 0 Å². The molecule has 1 rings (SSSR count). The van der Waals surface area contributed by atoms with Crippen molar-refractivity contribution in [2.75, 3.05) is 33.9 Å². The molecule has 1 atom stereocenters. The van der Waals surface area contributed by atoms with Crippen LogP contribution >= 0.6 is 0 Å². The second kappa shape index (κ2) is 9.69. The molecule has 5 heteroatoms. The Morgan fingerprint density at radius 2 is 1.91 bits per heavy atom. The maximum atomic E-state index is 12.2. The van der Waals surface area contributed by atoms with Crippen molar-refractivity contribution in [2.45, 2.75) is 13.0 Å². The fourth-order valence-electron chi connectivity index (χ4n) is 2.31. The Balaban J connectivity index is 2.77. The Labute approximate surface area is 138 Å². The molecule has 0 aliphatic carbocycles. The van der Waals surface area contributed by atoms with E-state index in [0.29, 0.717) is 18.8 Å². The number of methoxy groups -OCH3 is 2. The quantitative estimate of drug-likeness (QED) is 0.674. The maximum absolute atomic E-state index is 12.2. The lowest BCUT2D eigenvalue weighted by Crippen LogP contribution is -2.38. The lowest BCUT2D eigenvalue weighted by Gasteiger charge is -2.22. The van der Waals surface area contributed by atoms with Crippen molar-refractivity contribution in [1.82, 2.24) is 10.2 Å². The van der Waals surface area contributed by atoms with Crippen LogP contribution in [0.15, 0.2) is 43.5 Å². The number of nitrogens with zero attached hydrogens (tertiary/aromatic N) is 1. The highest BCUT2D eigenvalue weighted by molar-refractivity contribution is 5.78. The zero-order chi connectivity index (χ0) is 17.2. The molecule has 0 radical (unpaired) electrons. The SMILES string of the molecule is C=CCN(CC=C)CC(=O)NC(C)c1cc(OC)ccc1OC. The Kier molecular flexibility index (Phi) is 7.91. The van der Waals surface area contributed by atoms with Crippen LogP contribution in [0.5, 0.6) is 11.5 Å². The first-order valence-corrected chi connectivity index (χ1v) is 7.51. The molecule has 126 valence electrons. The topological polar surface area (TPSA) is 50.8 Å². The predicted octanol–water partition coefficient (Wildman–Crippen LogP) is 2.56. The fourth-order valence-corrected chi connectivity index (χ4v) is 2.31. The lowest BCUT2D eigenvalue weighted by molar-refractivity contribution is -0.122. The first-order chi connectivity index (χ1) is 11.0. The molecule has 0 bridgehead atoms. The van der Waals surface area contributed by atoms with E-state index in [9.17, 15) is 4.79 Å². The largest absolute Gasteiger partial charge is 0.497 e. The van der Waals surface area contributed by atoms with Gasteiger partial charge >= 0.3 is 0 Å². The van der Waals surface area contributed by atoms with E-state index >= 15 is 0 Å². The minimum absolute atomic E-state index is 0.0638. The molecule has 23 heavy (non-hydrogen) atoms. The van der Waals surface area contributed by atoms with Gasteiger partial charge in [0.05, 0.1) is 26.8 Å². The van der Waals surface area contributed by atoms with Crippen molar-refractivity contribution in [3.05, 3.63) is 49.1 Å². The number of amides is 1. The average Bonchev–Trinajstić information content (AvgIpc) is 2.54. The summed E-state index contributed by atoms with van der Waals surface area (Å²) in [5.74, 6) is 1.38. The lowest BCUT2D eigenvalue weighted by atomic mass is 10.1. The highest BCUT2D eigenvalue weighted by atomic mass is 16.5. The highest BCUT2D eigenvalue weighted by Gasteiger charge is 2.16. The van der Waals surface area contributed by atoms with E-state index in [1.54, 1.807) is 26.4 Å². The van der Waals surface area contributed by atoms with Crippen LogP contribution in [0.3, 0.4) is 0 Å². The summed E-state index contributed by atoms with van der Waals surface area (Å²) in [6, 6.07) is 5.34.